The molecule has 0 spiro atoms. The zero-order valence-electron chi connectivity index (χ0n) is 42.6. The summed E-state index contributed by atoms with van der Waals surface area (Å²) in [6.45, 7) is 6.93. The third kappa shape index (κ3) is 19.0. The van der Waals surface area contributed by atoms with Crippen molar-refractivity contribution < 1.29 is 89.1 Å². The maximum Gasteiger partial charge on any atom is 0.328 e. The summed E-state index contributed by atoms with van der Waals surface area (Å²) in [6, 6.07) is -2.11. The first-order chi connectivity index (χ1) is 34.5. The van der Waals surface area contributed by atoms with E-state index in [2.05, 4.69) is 0 Å². The first-order valence-electron chi connectivity index (χ1n) is 25.4. The topological polar surface area (TPSA) is 329 Å². The number of amides is 1. The molecule has 1 amide bonds. The second-order valence-electron chi connectivity index (χ2n) is 19.9. The van der Waals surface area contributed by atoms with Crippen molar-refractivity contribution in [2.75, 3.05) is 13.7 Å². The summed E-state index contributed by atoms with van der Waals surface area (Å²) in [5.74, 6) is -6.56. The summed E-state index contributed by atoms with van der Waals surface area (Å²) in [7, 11) is 1.20. The Kier molecular flexibility index (Phi) is 25.3. The van der Waals surface area contributed by atoms with Crippen LogP contribution in [-0.4, -0.2) is 191 Å². The summed E-state index contributed by atoms with van der Waals surface area (Å²) in [6.07, 6.45) is 4.44. The van der Waals surface area contributed by atoms with E-state index in [9.17, 15) is 65.4 Å². The van der Waals surface area contributed by atoms with Gasteiger partial charge >= 0.3 is 11.9 Å². The molecule has 412 valence electrons. The van der Waals surface area contributed by atoms with Gasteiger partial charge in [0.15, 0.2) is 12.1 Å². The van der Waals surface area contributed by atoms with E-state index in [0.29, 0.717) is 12.8 Å². The number of aliphatic hydroxyl groups excluding tert-OH is 9. The molecule has 0 aromatic carbocycles. The molecule has 20 atom stereocenters. The number of hydrogen-bond donors (Lipinski definition) is 11. The van der Waals surface area contributed by atoms with E-state index < -0.39 is 159 Å². The molecular weight excluding hydrogens is 953 g/mol. The van der Waals surface area contributed by atoms with Crippen LogP contribution in [-0.2, 0) is 38.1 Å². The number of ether oxygens (including phenoxy) is 5. The minimum Gasteiger partial charge on any atom is -0.467 e. The van der Waals surface area contributed by atoms with Gasteiger partial charge < -0.3 is 85.4 Å². The summed E-state index contributed by atoms with van der Waals surface area (Å²) in [5.41, 5.74) is 6.13. The highest BCUT2D eigenvalue weighted by Crippen LogP contribution is 2.40. The van der Waals surface area contributed by atoms with Crippen molar-refractivity contribution in [1.29, 1.82) is 0 Å². The largest absolute Gasteiger partial charge is 0.467 e. The highest BCUT2D eigenvalue weighted by Gasteiger charge is 2.53. The molecule has 0 radical (unpaired) electrons. The van der Waals surface area contributed by atoms with Gasteiger partial charge in [0, 0.05) is 44.1 Å². The van der Waals surface area contributed by atoms with Crippen LogP contribution in [0.1, 0.15) is 91.9 Å². The monoisotopic (exact) mass is 1030 g/mol. The average Bonchev–Trinajstić information content (AvgIpc) is 3.83. The number of hydrogen-bond acceptors (Lipinski definition) is 19. The predicted molar refractivity (Wildman–Crippen MR) is 266 cm³/mol. The van der Waals surface area contributed by atoms with Gasteiger partial charge in [0.2, 0.25) is 5.91 Å². The van der Waals surface area contributed by atoms with Gasteiger partial charge in [-0.15, -0.1) is 0 Å². The van der Waals surface area contributed by atoms with E-state index >= 15 is 0 Å². The predicted octanol–water partition coefficient (Wildman–Crippen LogP) is 0.791. The number of esters is 2. The molecule has 4 heterocycles. The fourth-order valence-electron chi connectivity index (χ4n) is 9.57. The molecule has 0 saturated carbocycles. The summed E-state index contributed by atoms with van der Waals surface area (Å²) in [4.78, 5) is 41.2. The number of likely N-dealkylation sites (tertiary alicyclic amines) is 1. The van der Waals surface area contributed by atoms with Crippen LogP contribution in [0.4, 0.5) is 0 Å². The number of rotatable bonds is 4. The lowest BCUT2D eigenvalue weighted by Gasteiger charge is -2.47. The van der Waals surface area contributed by atoms with Gasteiger partial charge in [-0.2, -0.15) is 0 Å². The number of nitrogens with zero attached hydrogens (tertiary/aromatic N) is 1. The molecule has 10 unspecified atom stereocenters. The molecule has 0 aromatic heterocycles. The second kappa shape index (κ2) is 29.9. The Morgan fingerprint density at radius 1 is 0.685 bits per heavy atom. The smallest absolute Gasteiger partial charge is 0.328 e. The van der Waals surface area contributed by atoms with Crippen LogP contribution < -0.4 is 5.73 Å². The van der Waals surface area contributed by atoms with Crippen molar-refractivity contribution in [3.8, 4) is 0 Å². The fraction of sp³-hybridized carbons (Fsp3) is 0.679. The number of methoxy groups -OCH3 is 1. The van der Waals surface area contributed by atoms with Gasteiger partial charge in [0.1, 0.15) is 18.2 Å². The van der Waals surface area contributed by atoms with E-state index in [1.807, 2.05) is 31.2 Å². The van der Waals surface area contributed by atoms with Crippen molar-refractivity contribution >= 4 is 17.8 Å². The molecule has 4 rings (SSSR count). The molecule has 20 heteroatoms. The molecule has 4 aliphatic heterocycles. The number of fused-ring (bicyclic) bond motifs is 2. The first-order valence-corrected chi connectivity index (χ1v) is 25.4. The quantitative estimate of drug-likeness (QED) is 0.173. The van der Waals surface area contributed by atoms with Crippen LogP contribution in [0.2, 0.25) is 0 Å². The van der Waals surface area contributed by atoms with Crippen molar-refractivity contribution in [2.45, 2.75) is 195 Å². The Morgan fingerprint density at radius 3 is 1.90 bits per heavy atom. The van der Waals surface area contributed by atoms with Gasteiger partial charge in [-0.25, -0.2) is 4.79 Å². The number of carbonyl (C=O) groups is 3. The maximum absolute atomic E-state index is 14.5. The van der Waals surface area contributed by atoms with E-state index in [-0.39, 0.29) is 38.1 Å². The first kappa shape index (κ1) is 61.6. The van der Waals surface area contributed by atoms with E-state index in [4.69, 9.17) is 29.4 Å². The SMILES string of the molecule is COC(=O)[C@@H]1CCCN1C(=O)C1[C@@H]2CC(O[C@@H]3O[C@H](C)C(O)[C@H](N)[C@@H]3O)/C=C/C=C/C=C/C=C/C=C/C=C/C=C/[C@H](C)C(O)[C@@H](C)[C@H](C)OC(=O)CC(O)CC(O)CCC(O)C(O)CC(O)CC(O)(C[C@@H]1O)O2. The van der Waals surface area contributed by atoms with E-state index in [1.165, 1.54) is 12.0 Å². The number of aliphatic hydroxyl groups is 10. The number of allylic oxidation sites excluding steroid dienone is 12. The van der Waals surface area contributed by atoms with Crippen LogP contribution >= 0.6 is 0 Å². The van der Waals surface area contributed by atoms with Crippen molar-refractivity contribution in [3.63, 3.8) is 0 Å². The molecular formula is C53H82N2O18. The maximum atomic E-state index is 14.5. The molecule has 4 aliphatic rings. The van der Waals surface area contributed by atoms with Gasteiger partial charge in [-0.05, 0) is 46.0 Å². The Labute approximate surface area is 428 Å². The van der Waals surface area contributed by atoms with Crippen LogP contribution in [0.5, 0.6) is 0 Å². The Balaban J connectivity index is 1.64. The van der Waals surface area contributed by atoms with Crippen LogP contribution in [0.15, 0.2) is 85.1 Å². The molecule has 3 fully saturated rings. The molecule has 0 aliphatic carbocycles. The lowest BCUT2D eigenvalue weighted by atomic mass is 9.81. The lowest BCUT2D eigenvalue weighted by molar-refractivity contribution is -0.308. The number of nitrogens with two attached hydrogens (primary N) is 1. The zero-order chi connectivity index (χ0) is 54.0. The van der Waals surface area contributed by atoms with Gasteiger partial charge in [0.25, 0.3) is 0 Å². The minimum atomic E-state index is -2.34. The van der Waals surface area contributed by atoms with Gasteiger partial charge in [-0.3, -0.25) is 9.59 Å². The third-order valence-electron chi connectivity index (χ3n) is 14.0. The standard InChI is InChI=1S/C53H82N2O18/c1-31-19-16-14-12-10-8-6-7-9-11-13-15-17-20-38(72-52-49(65)46(54)48(64)34(4)71-52)28-43-45(50(66)55-24-18-21-39(55)51(67)69-5)42(61)30-53(68,73-43)29-37(58)26-41(60)40(59)23-22-35(56)25-36(57)27-44(62)70-33(3)32(2)47(31)63/h6-17,19-20,31-43,45-49,52,56-61,63-65,68H,18,21-30,54H2,1-5H3/b7-6+,10-8+,11-9+,14-12+,15-13+,19-16+,20-17+/t31-,32-,33-,34+,35?,36?,37?,38?,39-,40?,41?,42-,43-,45?,46-,47?,48?,49-,52-,53?/m0/s1. The summed E-state index contributed by atoms with van der Waals surface area (Å²) in [5, 5.41) is 111. The molecule has 20 nitrogen and oxygen atoms in total. The summed E-state index contributed by atoms with van der Waals surface area (Å²) >= 11 is 0. The van der Waals surface area contributed by atoms with E-state index in [0.717, 1.165) is 0 Å². The minimum absolute atomic E-state index is 0.114. The molecule has 12 N–H and O–H groups in total. The second-order valence-corrected chi connectivity index (χ2v) is 19.9. The molecule has 0 aromatic rings. The molecule has 73 heavy (non-hydrogen) atoms. The summed E-state index contributed by atoms with van der Waals surface area (Å²) < 4.78 is 28.8. The lowest BCUT2D eigenvalue weighted by Crippen LogP contribution is -2.62. The normalized spacial score (nSPS) is 43.9. The zero-order valence-corrected chi connectivity index (χ0v) is 42.6. The Bertz CT molecular complexity index is 1940. The van der Waals surface area contributed by atoms with E-state index in [1.54, 1.807) is 81.5 Å². The van der Waals surface area contributed by atoms with Crippen molar-refractivity contribution in [3.05, 3.63) is 85.1 Å². The fourth-order valence-corrected chi connectivity index (χ4v) is 9.57. The highest BCUT2D eigenvalue weighted by atomic mass is 16.7. The van der Waals surface area contributed by atoms with Crippen LogP contribution in [0.25, 0.3) is 0 Å². The third-order valence-corrected chi connectivity index (χ3v) is 14.0. The highest BCUT2D eigenvalue weighted by molar-refractivity contribution is 5.87. The molecule has 2 bridgehead atoms. The Morgan fingerprint density at radius 2 is 1.29 bits per heavy atom. The number of cyclic esters (lactones) is 1. The molecule has 3 saturated heterocycles. The van der Waals surface area contributed by atoms with Crippen molar-refractivity contribution in [2.24, 2.45) is 23.5 Å². The average molecular weight is 1040 g/mol. The number of carbonyl (C=O) groups excluding carboxylic acids is 3. The van der Waals surface area contributed by atoms with Gasteiger partial charge in [0.05, 0.1) is 92.6 Å². The van der Waals surface area contributed by atoms with Crippen LogP contribution in [0, 0.1) is 17.8 Å². The van der Waals surface area contributed by atoms with Crippen LogP contribution in [0.3, 0.4) is 0 Å². The van der Waals surface area contributed by atoms with Gasteiger partial charge in [-0.1, -0.05) is 98.9 Å². The Hall–Kier alpha value is -3.97. The van der Waals surface area contributed by atoms with Crippen molar-refractivity contribution in [1.82, 2.24) is 4.90 Å².